The van der Waals surface area contributed by atoms with Gasteiger partial charge in [0, 0.05) is 0 Å². The van der Waals surface area contributed by atoms with Crippen molar-refractivity contribution < 1.29 is 19.1 Å². The number of halogens is 1. The monoisotopic (exact) mass is 306 g/mol. The van der Waals surface area contributed by atoms with E-state index in [0.717, 1.165) is 11.3 Å². The number of rotatable bonds is 5. The summed E-state index contributed by atoms with van der Waals surface area (Å²) in [4.78, 5) is 34.9. The minimum atomic E-state index is -0.692. The van der Waals surface area contributed by atoms with Crippen LogP contribution in [0.25, 0.3) is 0 Å². The predicted octanol–water partition coefficient (Wildman–Crippen LogP) is 0.643. The number of methoxy groups -OCH3 is 1. The molecule has 6 nitrogen and oxygen atoms in total. The van der Waals surface area contributed by atoms with E-state index in [1.807, 2.05) is 6.92 Å². The molecule has 1 heterocycles. The Kier molecular flexibility index (Phi) is 4.92. The molecule has 0 saturated carbocycles. The van der Waals surface area contributed by atoms with Crippen molar-refractivity contribution in [3.8, 4) is 0 Å². The first-order valence-electron chi connectivity index (χ1n) is 5.35. The van der Waals surface area contributed by atoms with E-state index in [-0.39, 0.29) is 12.5 Å². The van der Waals surface area contributed by atoms with Crippen LogP contribution in [0.5, 0.6) is 0 Å². The number of imide groups is 1. The third-order valence-electron chi connectivity index (χ3n) is 2.48. The Morgan fingerprint density at radius 3 is 2.76 bits per heavy atom. The number of carbonyl (C=O) groups excluding carboxylic acids is 3. The van der Waals surface area contributed by atoms with Crippen LogP contribution in [-0.4, -0.2) is 47.3 Å². The van der Waals surface area contributed by atoms with Crippen molar-refractivity contribution >= 4 is 33.8 Å². The Balaban J connectivity index is 2.62. The Bertz CT molecular complexity index is 334. The fourth-order valence-electron chi connectivity index (χ4n) is 1.60. The van der Waals surface area contributed by atoms with Gasteiger partial charge in [-0.05, 0) is 6.42 Å². The number of ether oxygens (including phenoxy) is 1. The highest BCUT2D eigenvalue weighted by atomic mass is 79.9. The molecule has 0 aromatic heterocycles. The van der Waals surface area contributed by atoms with Gasteiger partial charge in [-0.25, -0.2) is 4.79 Å². The summed E-state index contributed by atoms with van der Waals surface area (Å²) in [6.45, 7) is 1.92. The molecule has 1 aliphatic heterocycles. The lowest BCUT2D eigenvalue weighted by atomic mass is 10.2. The second kappa shape index (κ2) is 6.00. The second-order valence-electron chi connectivity index (χ2n) is 3.73. The molecule has 96 valence electrons. The van der Waals surface area contributed by atoms with Crippen molar-refractivity contribution in [2.75, 3.05) is 13.7 Å². The molecule has 3 amide bonds. The molecule has 0 bridgehead atoms. The van der Waals surface area contributed by atoms with Gasteiger partial charge in [-0.15, -0.1) is 0 Å². The minimum absolute atomic E-state index is 0.0163. The molecule has 1 N–H and O–H groups in total. The molecule has 0 aliphatic carbocycles. The molecule has 1 aliphatic rings. The molecule has 1 saturated heterocycles. The fraction of sp³-hybridized carbons (Fsp3) is 0.700. The standard InChI is InChI=1S/C10H15BrN2O4/c1-3-4-7-8(14)13(10(16)12-7)5-6(11)9(15)17-2/h6-7H,3-5H2,1-2H3,(H,12,16). The van der Waals surface area contributed by atoms with E-state index in [1.165, 1.54) is 7.11 Å². The summed E-state index contributed by atoms with van der Waals surface area (Å²) in [5.74, 6) is -0.797. The minimum Gasteiger partial charge on any atom is -0.468 e. The maximum Gasteiger partial charge on any atom is 0.324 e. The Labute approximate surface area is 108 Å². The first-order chi connectivity index (χ1) is 8.01. The smallest absolute Gasteiger partial charge is 0.324 e. The van der Waals surface area contributed by atoms with E-state index in [9.17, 15) is 14.4 Å². The van der Waals surface area contributed by atoms with Gasteiger partial charge in [-0.3, -0.25) is 14.5 Å². The van der Waals surface area contributed by atoms with Gasteiger partial charge >= 0.3 is 12.0 Å². The molecular formula is C10H15BrN2O4. The zero-order valence-electron chi connectivity index (χ0n) is 9.73. The Morgan fingerprint density at radius 2 is 2.24 bits per heavy atom. The summed E-state index contributed by atoms with van der Waals surface area (Å²) in [6, 6.07) is -0.924. The zero-order chi connectivity index (χ0) is 13.0. The van der Waals surface area contributed by atoms with Gasteiger partial charge in [0.25, 0.3) is 5.91 Å². The molecule has 2 atom stereocenters. The van der Waals surface area contributed by atoms with Crippen LogP contribution in [0.15, 0.2) is 0 Å². The van der Waals surface area contributed by atoms with Gasteiger partial charge in [0.1, 0.15) is 10.9 Å². The SMILES string of the molecule is CCCC1NC(=O)N(CC(Br)C(=O)OC)C1=O. The molecule has 1 fully saturated rings. The highest BCUT2D eigenvalue weighted by molar-refractivity contribution is 9.10. The first-order valence-corrected chi connectivity index (χ1v) is 6.26. The lowest BCUT2D eigenvalue weighted by Gasteiger charge is -2.15. The maximum absolute atomic E-state index is 11.8. The van der Waals surface area contributed by atoms with E-state index < -0.39 is 22.9 Å². The molecule has 2 unspecified atom stereocenters. The number of alkyl halides is 1. The molecule has 17 heavy (non-hydrogen) atoms. The predicted molar refractivity (Wildman–Crippen MR) is 63.7 cm³/mol. The van der Waals surface area contributed by atoms with E-state index in [1.54, 1.807) is 0 Å². The molecule has 0 aromatic carbocycles. The van der Waals surface area contributed by atoms with E-state index >= 15 is 0 Å². The molecule has 7 heteroatoms. The van der Waals surface area contributed by atoms with Crippen molar-refractivity contribution in [1.29, 1.82) is 0 Å². The van der Waals surface area contributed by atoms with Crippen molar-refractivity contribution in [1.82, 2.24) is 10.2 Å². The first kappa shape index (κ1) is 14.0. The molecule has 0 radical (unpaired) electrons. The number of carbonyl (C=O) groups is 3. The van der Waals surface area contributed by atoms with Gasteiger partial charge in [0.2, 0.25) is 0 Å². The summed E-state index contributed by atoms with van der Waals surface area (Å²) in [7, 11) is 1.25. The quantitative estimate of drug-likeness (QED) is 0.459. The average molecular weight is 307 g/mol. The van der Waals surface area contributed by atoms with Crippen LogP contribution in [-0.2, 0) is 14.3 Å². The summed E-state index contributed by atoms with van der Waals surface area (Å²) in [5, 5.41) is 2.58. The number of nitrogens with zero attached hydrogens (tertiary/aromatic N) is 1. The van der Waals surface area contributed by atoms with Crippen LogP contribution in [0.2, 0.25) is 0 Å². The summed E-state index contributed by atoms with van der Waals surface area (Å²) in [6.07, 6.45) is 1.41. The van der Waals surface area contributed by atoms with Gasteiger partial charge in [0.05, 0.1) is 13.7 Å². The van der Waals surface area contributed by atoms with E-state index in [4.69, 9.17) is 0 Å². The second-order valence-corrected chi connectivity index (χ2v) is 4.84. The number of nitrogens with one attached hydrogen (secondary N) is 1. The van der Waals surface area contributed by atoms with Crippen molar-refractivity contribution in [2.24, 2.45) is 0 Å². The number of esters is 1. The molecular weight excluding hydrogens is 292 g/mol. The van der Waals surface area contributed by atoms with Gasteiger partial charge in [0.15, 0.2) is 0 Å². The lowest BCUT2D eigenvalue weighted by molar-refractivity contribution is -0.140. The van der Waals surface area contributed by atoms with Crippen LogP contribution in [0.4, 0.5) is 4.79 Å². The van der Waals surface area contributed by atoms with Crippen molar-refractivity contribution in [3.05, 3.63) is 0 Å². The van der Waals surface area contributed by atoms with Gasteiger partial charge < -0.3 is 10.1 Å². The van der Waals surface area contributed by atoms with Crippen LogP contribution in [0, 0.1) is 0 Å². The van der Waals surface area contributed by atoms with Gasteiger partial charge in [-0.2, -0.15) is 0 Å². The maximum atomic E-state index is 11.8. The van der Waals surface area contributed by atoms with Gasteiger partial charge in [-0.1, -0.05) is 29.3 Å². The number of amides is 3. The highest BCUT2D eigenvalue weighted by Gasteiger charge is 2.39. The zero-order valence-corrected chi connectivity index (χ0v) is 11.3. The summed E-state index contributed by atoms with van der Waals surface area (Å²) < 4.78 is 4.51. The Hall–Kier alpha value is -1.11. The lowest BCUT2D eigenvalue weighted by Crippen LogP contribution is -2.39. The normalized spacial score (nSPS) is 21.4. The third kappa shape index (κ3) is 3.18. The summed E-state index contributed by atoms with van der Waals surface area (Å²) in [5.41, 5.74) is 0. The van der Waals surface area contributed by atoms with Crippen molar-refractivity contribution in [3.63, 3.8) is 0 Å². The highest BCUT2D eigenvalue weighted by Crippen LogP contribution is 2.14. The van der Waals surface area contributed by atoms with Crippen LogP contribution in [0.1, 0.15) is 19.8 Å². The number of urea groups is 1. The number of hydrogen-bond acceptors (Lipinski definition) is 4. The van der Waals surface area contributed by atoms with Crippen LogP contribution in [0.3, 0.4) is 0 Å². The van der Waals surface area contributed by atoms with Crippen molar-refractivity contribution in [2.45, 2.75) is 30.6 Å². The topological polar surface area (TPSA) is 75.7 Å². The van der Waals surface area contributed by atoms with Crippen LogP contribution >= 0.6 is 15.9 Å². The van der Waals surface area contributed by atoms with Crippen LogP contribution < -0.4 is 5.32 Å². The Morgan fingerprint density at radius 1 is 1.59 bits per heavy atom. The third-order valence-corrected chi connectivity index (χ3v) is 3.15. The summed E-state index contributed by atoms with van der Waals surface area (Å²) >= 11 is 3.08. The van der Waals surface area contributed by atoms with E-state index in [2.05, 4.69) is 26.0 Å². The molecule has 1 rings (SSSR count). The number of hydrogen-bond donors (Lipinski definition) is 1. The largest absolute Gasteiger partial charge is 0.468 e. The average Bonchev–Trinajstić information content (AvgIpc) is 2.56. The molecule has 0 spiro atoms. The molecule has 0 aromatic rings. The fourth-order valence-corrected chi connectivity index (χ4v) is 2.07. The van der Waals surface area contributed by atoms with E-state index in [0.29, 0.717) is 6.42 Å².